The highest BCUT2D eigenvalue weighted by Gasteiger charge is 2.57. The zero-order valence-corrected chi connectivity index (χ0v) is 20.2. The standard InChI is InChI=1S/C30H30N2O4/c33-18-17-31(21-22-7-3-1-4-8-22)27(34)19-30(20-28(35)32(29(30)36)26-15-16-26)25-13-11-24(12-14-25)23-9-5-2-6-10-23/h1-14,26,33H,15-21H2/t30-/m1/s1. The van der Waals surface area contributed by atoms with Crippen molar-refractivity contribution in [1.29, 1.82) is 0 Å². The molecule has 2 aliphatic rings. The minimum atomic E-state index is -1.24. The molecule has 1 aliphatic carbocycles. The molecule has 6 nitrogen and oxygen atoms in total. The van der Waals surface area contributed by atoms with Crippen LogP contribution in [0.2, 0.25) is 0 Å². The van der Waals surface area contributed by atoms with Crippen molar-refractivity contribution in [2.75, 3.05) is 13.2 Å². The number of imide groups is 1. The Morgan fingerprint density at radius 1 is 0.889 bits per heavy atom. The van der Waals surface area contributed by atoms with Crippen LogP contribution in [0, 0.1) is 0 Å². The van der Waals surface area contributed by atoms with Crippen LogP contribution < -0.4 is 0 Å². The number of hydrogen-bond donors (Lipinski definition) is 1. The first-order valence-corrected chi connectivity index (χ1v) is 12.5. The zero-order chi connectivity index (χ0) is 25.1. The van der Waals surface area contributed by atoms with E-state index in [0.717, 1.165) is 29.5 Å². The van der Waals surface area contributed by atoms with E-state index in [1.807, 2.05) is 84.9 Å². The quantitative estimate of drug-likeness (QED) is 0.469. The molecular formula is C30H30N2O4. The number of aliphatic hydroxyl groups is 1. The Morgan fingerprint density at radius 2 is 1.50 bits per heavy atom. The molecule has 1 saturated carbocycles. The van der Waals surface area contributed by atoms with Crippen molar-refractivity contribution in [3.05, 3.63) is 96.1 Å². The van der Waals surface area contributed by atoms with Gasteiger partial charge in [-0.1, -0.05) is 84.9 Å². The summed E-state index contributed by atoms with van der Waals surface area (Å²) < 4.78 is 0. The van der Waals surface area contributed by atoms with Crippen LogP contribution in [0.1, 0.15) is 36.8 Å². The van der Waals surface area contributed by atoms with Crippen molar-refractivity contribution in [3.8, 4) is 11.1 Å². The zero-order valence-electron chi connectivity index (χ0n) is 20.2. The largest absolute Gasteiger partial charge is 0.395 e. The average Bonchev–Trinajstić information content (AvgIpc) is 3.70. The van der Waals surface area contributed by atoms with Gasteiger partial charge in [-0.15, -0.1) is 0 Å². The first-order valence-electron chi connectivity index (χ1n) is 12.5. The van der Waals surface area contributed by atoms with Gasteiger partial charge in [0.2, 0.25) is 17.7 Å². The van der Waals surface area contributed by atoms with Gasteiger partial charge in [0.1, 0.15) is 0 Å². The molecule has 1 saturated heterocycles. The summed E-state index contributed by atoms with van der Waals surface area (Å²) in [6.45, 7) is 0.307. The smallest absolute Gasteiger partial charge is 0.241 e. The monoisotopic (exact) mass is 482 g/mol. The van der Waals surface area contributed by atoms with E-state index in [1.54, 1.807) is 4.90 Å². The number of rotatable bonds is 9. The molecule has 0 radical (unpaired) electrons. The van der Waals surface area contributed by atoms with Gasteiger partial charge in [-0.3, -0.25) is 19.3 Å². The van der Waals surface area contributed by atoms with Crippen molar-refractivity contribution in [1.82, 2.24) is 9.80 Å². The van der Waals surface area contributed by atoms with E-state index in [0.29, 0.717) is 12.1 Å². The molecule has 0 spiro atoms. The van der Waals surface area contributed by atoms with Crippen molar-refractivity contribution in [3.63, 3.8) is 0 Å². The number of carbonyl (C=O) groups is 3. The fourth-order valence-electron chi connectivity index (χ4n) is 5.13. The Labute approximate surface area is 211 Å². The highest BCUT2D eigenvalue weighted by atomic mass is 16.3. The molecule has 1 atom stereocenters. The predicted molar refractivity (Wildman–Crippen MR) is 137 cm³/mol. The molecule has 5 rings (SSSR count). The fourth-order valence-corrected chi connectivity index (χ4v) is 5.13. The molecule has 0 unspecified atom stereocenters. The van der Waals surface area contributed by atoms with Crippen LogP contribution >= 0.6 is 0 Å². The summed E-state index contributed by atoms with van der Waals surface area (Å²) in [6.07, 6.45) is 1.51. The Hall–Kier alpha value is -3.77. The van der Waals surface area contributed by atoms with Gasteiger partial charge in [-0.05, 0) is 35.1 Å². The van der Waals surface area contributed by atoms with Crippen molar-refractivity contribution < 1.29 is 19.5 Å². The Morgan fingerprint density at radius 3 is 2.11 bits per heavy atom. The number of nitrogens with zero attached hydrogens (tertiary/aromatic N) is 2. The lowest BCUT2D eigenvalue weighted by molar-refractivity contribution is -0.143. The summed E-state index contributed by atoms with van der Waals surface area (Å²) >= 11 is 0. The minimum absolute atomic E-state index is 0.0168. The van der Waals surface area contributed by atoms with Crippen molar-refractivity contribution in [2.45, 2.75) is 43.7 Å². The molecule has 3 aromatic carbocycles. The first kappa shape index (κ1) is 23.9. The summed E-state index contributed by atoms with van der Waals surface area (Å²) in [5, 5.41) is 9.64. The molecule has 2 fully saturated rings. The van der Waals surface area contributed by atoms with Gasteiger partial charge in [0.25, 0.3) is 0 Å². The van der Waals surface area contributed by atoms with E-state index in [1.165, 1.54) is 4.90 Å². The highest BCUT2D eigenvalue weighted by molar-refractivity contribution is 6.11. The van der Waals surface area contributed by atoms with Gasteiger partial charge >= 0.3 is 0 Å². The Kier molecular flexibility index (Phi) is 6.70. The number of amides is 3. The maximum Gasteiger partial charge on any atom is 0.241 e. The van der Waals surface area contributed by atoms with Crippen molar-refractivity contribution in [2.24, 2.45) is 0 Å². The molecular weight excluding hydrogens is 452 g/mol. The lowest BCUT2D eigenvalue weighted by Crippen LogP contribution is -2.44. The van der Waals surface area contributed by atoms with Crippen LogP contribution in [-0.4, -0.2) is 51.8 Å². The summed E-state index contributed by atoms with van der Waals surface area (Å²) in [7, 11) is 0. The lowest BCUT2D eigenvalue weighted by Gasteiger charge is -2.31. The number of likely N-dealkylation sites (tertiary alicyclic amines) is 1. The SMILES string of the molecule is O=C(C[C@]1(c2ccc(-c3ccccc3)cc2)CC(=O)N(C2CC2)C1=O)N(CCO)Cc1ccccc1. The van der Waals surface area contributed by atoms with Crippen LogP contribution in [0.15, 0.2) is 84.9 Å². The minimum Gasteiger partial charge on any atom is -0.395 e. The molecule has 1 aliphatic heterocycles. The second-order valence-corrected chi connectivity index (χ2v) is 9.70. The third-order valence-electron chi connectivity index (χ3n) is 7.20. The van der Waals surface area contributed by atoms with E-state index >= 15 is 0 Å². The van der Waals surface area contributed by atoms with Crippen LogP contribution in [0.25, 0.3) is 11.1 Å². The first-order chi connectivity index (χ1) is 17.5. The summed E-state index contributed by atoms with van der Waals surface area (Å²) in [5.74, 6) is -0.738. The van der Waals surface area contributed by atoms with Gasteiger partial charge in [0, 0.05) is 32.0 Å². The number of carbonyl (C=O) groups excluding carboxylic acids is 3. The maximum atomic E-state index is 13.8. The van der Waals surface area contributed by atoms with Crippen molar-refractivity contribution >= 4 is 17.7 Å². The van der Waals surface area contributed by atoms with Gasteiger partial charge in [-0.25, -0.2) is 0 Å². The van der Waals surface area contributed by atoms with Crippen LogP contribution in [0.3, 0.4) is 0 Å². The van der Waals surface area contributed by atoms with Gasteiger partial charge in [-0.2, -0.15) is 0 Å². The molecule has 0 aromatic heterocycles. The summed E-state index contributed by atoms with van der Waals surface area (Å²) in [5.41, 5.74) is 2.44. The Balaban J connectivity index is 1.47. The summed E-state index contributed by atoms with van der Waals surface area (Å²) in [6, 6.07) is 27.1. The highest BCUT2D eigenvalue weighted by Crippen LogP contribution is 2.45. The molecule has 3 amide bonds. The topological polar surface area (TPSA) is 77.9 Å². The Bertz CT molecular complexity index is 1240. The van der Waals surface area contributed by atoms with E-state index in [4.69, 9.17) is 0 Å². The molecule has 1 N–H and O–H groups in total. The molecule has 184 valence electrons. The van der Waals surface area contributed by atoms with Crippen LogP contribution in [0.4, 0.5) is 0 Å². The fraction of sp³-hybridized carbons (Fsp3) is 0.300. The van der Waals surface area contributed by atoms with Crippen LogP contribution in [-0.2, 0) is 26.3 Å². The van der Waals surface area contributed by atoms with Gasteiger partial charge in [0.05, 0.1) is 12.0 Å². The third-order valence-corrected chi connectivity index (χ3v) is 7.20. The van der Waals surface area contributed by atoms with Crippen LogP contribution in [0.5, 0.6) is 0 Å². The molecule has 1 heterocycles. The van der Waals surface area contributed by atoms with E-state index in [9.17, 15) is 19.5 Å². The number of aliphatic hydroxyl groups excluding tert-OH is 1. The van der Waals surface area contributed by atoms with Gasteiger partial charge < -0.3 is 10.0 Å². The second kappa shape index (κ2) is 10.1. The molecule has 36 heavy (non-hydrogen) atoms. The number of hydrogen-bond acceptors (Lipinski definition) is 4. The number of benzene rings is 3. The molecule has 6 heteroatoms. The second-order valence-electron chi connectivity index (χ2n) is 9.70. The molecule has 0 bridgehead atoms. The normalized spacial score (nSPS) is 19.5. The van der Waals surface area contributed by atoms with E-state index in [2.05, 4.69) is 0 Å². The average molecular weight is 483 g/mol. The summed E-state index contributed by atoms with van der Waals surface area (Å²) in [4.78, 5) is 43.5. The van der Waals surface area contributed by atoms with E-state index < -0.39 is 5.41 Å². The molecule has 3 aromatic rings. The van der Waals surface area contributed by atoms with Gasteiger partial charge in [0.15, 0.2) is 0 Å². The predicted octanol–water partition coefficient (Wildman–Crippen LogP) is 3.92. The lowest BCUT2D eigenvalue weighted by atomic mass is 9.75. The van der Waals surface area contributed by atoms with E-state index in [-0.39, 0.29) is 49.8 Å². The third kappa shape index (κ3) is 4.69. The maximum absolute atomic E-state index is 13.8.